The third-order valence-corrected chi connectivity index (χ3v) is 12.6. The second-order valence-electron chi connectivity index (χ2n) is 19.2. The fourth-order valence-corrected chi connectivity index (χ4v) is 8.36. The van der Waals surface area contributed by atoms with Gasteiger partial charge in [-0.3, -0.25) is 9.59 Å². The SMILES string of the molecule is CCCCC/C=C\C/C=C\CCCCCCCCCCCCOCC(COC(=O)CCCCCCCCCCC/C=C\CCCCCCCC)OC(=O)CCCCCCCCCCC. The smallest absolute Gasteiger partial charge is 0.306 e. The lowest BCUT2D eigenvalue weighted by atomic mass is 10.1. The van der Waals surface area contributed by atoms with Gasteiger partial charge in [0.25, 0.3) is 0 Å². The van der Waals surface area contributed by atoms with Gasteiger partial charge in [0.05, 0.1) is 6.61 Å². The molecule has 1 unspecified atom stereocenters. The van der Waals surface area contributed by atoms with Crippen LogP contribution in [0.1, 0.15) is 303 Å². The number of ether oxygens (including phenoxy) is 3. The van der Waals surface area contributed by atoms with Crippen molar-refractivity contribution in [1.29, 1.82) is 0 Å². The minimum atomic E-state index is -0.533. The topological polar surface area (TPSA) is 61.8 Å². The van der Waals surface area contributed by atoms with E-state index in [1.54, 1.807) is 0 Å². The van der Waals surface area contributed by atoms with E-state index in [0.717, 1.165) is 44.9 Å². The van der Waals surface area contributed by atoms with Crippen LogP contribution in [0, 0.1) is 0 Å². The highest BCUT2D eigenvalue weighted by atomic mass is 16.6. The molecule has 1 atom stereocenters. The van der Waals surface area contributed by atoms with Gasteiger partial charge in [0.1, 0.15) is 6.61 Å². The number of allylic oxidation sites excluding steroid dienone is 6. The second-order valence-corrected chi connectivity index (χ2v) is 19.2. The van der Waals surface area contributed by atoms with Crippen molar-refractivity contribution in [2.24, 2.45) is 0 Å². The number of rotatable bonds is 53. The molecule has 0 aliphatic rings. The monoisotopic (exact) mass is 899 g/mol. The molecule has 0 aromatic heterocycles. The van der Waals surface area contributed by atoms with E-state index in [1.165, 1.54) is 225 Å². The van der Waals surface area contributed by atoms with Gasteiger partial charge in [0.15, 0.2) is 6.10 Å². The maximum Gasteiger partial charge on any atom is 0.306 e. The Labute approximate surface area is 400 Å². The zero-order chi connectivity index (χ0) is 46.3. The van der Waals surface area contributed by atoms with Crippen LogP contribution >= 0.6 is 0 Å². The van der Waals surface area contributed by atoms with Gasteiger partial charge in [-0.2, -0.15) is 0 Å². The first-order chi connectivity index (χ1) is 31.6. The molecule has 0 N–H and O–H groups in total. The van der Waals surface area contributed by atoms with Crippen molar-refractivity contribution in [3.05, 3.63) is 36.5 Å². The normalized spacial score (nSPS) is 12.4. The molecule has 0 bridgehead atoms. The van der Waals surface area contributed by atoms with Crippen LogP contribution in [0.5, 0.6) is 0 Å². The van der Waals surface area contributed by atoms with Gasteiger partial charge in [-0.25, -0.2) is 0 Å². The lowest BCUT2D eigenvalue weighted by Crippen LogP contribution is -2.30. The van der Waals surface area contributed by atoms with E-state index in [2.05, 4.69) is 57.2 Å². The molecule has 0 aliphatic heterocycles. The molecule has 5 heteroatoms. The lowest BCUT2D eigenvalue weighted by molar-refractivity contribution is -0.163. The highest BCUT2D eigenvalue weighted by Gasteiger charge is 2.17. The Hall–Kier alpha value is -1.88. The summed E-state index contributed by atoms with van der Waals surface area (Å²) in [5.74, 6) is -0.387. The Kier molecular flexibility index (Phi) is 53.8. The van der Waals surface area contributed by atoms with Crippen molar-refractivity contribution in [3.8, 4) is 0 Å². The number of carbonyl (C=O) groups is 2. The minimum absolute atomic E-state index is 0.0881. The van der Waals surface area contributed by atoms with E-state index < -0.39 is 6.10 Å². The van der Waals surface area contributed by atoms with Gasteiger partial charge < -0.3 is 14.2 Å². The molecule has 0 saturated carbocycles. The Balaban J connectivity index is 4.12. The Morgan fingerprint density at radius 3 is 1.08 bits per heavy atom. The first kappa shape index (κ1) is 62.1. The van der Waals surface area contributed by atoms with Crippen LogP contribution in [0.15, 0.2) is 36.5 Å². The molecule has 0 rings (SSSR count). The zero-order valence-corrected chi connectivity index (χ0v) is 43.3. The van der Waals surface area contributed by atoms with Crippen molar-refractivity contribution >= 4 is 11.9 Å². The second kappa shape index (κ2) is 55.4. The largest absolute Gasteiger partial charge is 0.462 e. The standard InChI is InChI=1S/C59H110O5/c1-4-7-10-13-16-19-21-23-25-27-29-31-33-35-37-39-42-45-48-51-54-62-55-57(64-59(61)53-50-47-44-40-18-15-12-9-6-3)56-63-58(60)52-49-46-43-41-38-36-34-32-30-28-26-24-22-20-17-14-11-8-5-2/h16,19,23-26,57H,4-15,17-18,20-22,27-56H2,1-3H3/b19-16-,25-23-,26-24-. The summed E-state index contributed by atoms with van der Waals surface area (Å²) in [4.78, 5) is 25.4. The minimum Gasteiger partial charge on any atom is -0.462 e. The van der Waals surface area contributed by atoms with Crippen molar-refractivity contribution in [2.75, 3.05) is 19.8 Å². The summed E-state index contributed by atoms with van der Waals surface area (Å²) in [6, 6.07) is 0. The van der Waals surface area contributed by atoms with Crippen LogP contribution in [-0.4, -0.2) is 37.9 Å². The van der Waals surface area contributed by atoms with Gasteiger partial charge in [-0.15, -0.1) is 0 Å². The fraction of sp³-hybridized carbons (Fsp3) is 0.864. The Morgan fingerprint density at radius 1 is 0.344 bits per heavy atom. The van der Waals surface area contributed by atoms with Crippen LogP contribution in [0.4, 0.5) is 0 Å². The first-order valence-electron chi connectivity index (χ1n) is 28.5. The summed E-state index contributed by atoms with van der Waals surface area (Å²) in [6.07, 6.45) is 67.4. The third kappa shape index (κ3) is 52.7. The fourth-order valence-electron chi connectivity index (χ4n) is 8.36. The van der Waals surface area contributed by atoms with Crippen LogP contribution < -0.4 is 0 Å². The van der Waals surface area contributed by atoms with Gasteiger partial charge >= 0.3 is 11.9 Å². The number of hydrogen-bond donors (Lipinski definition) is 0. The van der Waals surface area contributed by atoms with Crippen LogP contribution in [0.2, 0.25) is 0 Å². The van der Waals surface area contributed by atoms with E-state index in [-0.39, 0.29) is 18.5 Å². The summed E-state index contributed by atoms with van der Waals surface area (Å²) < 4.78 is 17.4. The highest BCUT2D eigenvalue weighted by molar-refractivity contribution is 5.70. The molecule has 0 spiro atoms. The van der Waals surface area contributed by atoms with E-state index >= 15 is 0 Å². The van der Waals surface area contributed by atoms with Gasteiger partial charge in [-0.05, 0) is 77.0 Å². The molecule has 64 heavy (non-hydrogen) atoms. The number of hydrogen-bond acceptors (Lipinski definition) is 5. The maximum absolute atomic E-state index is 12.8. The zero-order valence-electron chi connectivity index (χ0n) is 43.3. The molecule has 0 aromatic carbocycles. The van der Waals surface area contributed by atoms with E-state index in [9.17, 15) is 9.59 Å². The summed E-state index contributed by atoms with van der Waals surface area (Å²) in [5.41, 5.74) is 0. The average molecular weight is 900 g/mol. The van der Waals surface area contributed by atoms with Gasteiger partial charge in [0.2, 0.25) is 0 Å². The average Bonchev–Trinajstić information content (AvgIpc) is 3.30. The summed E-state index contributed by atoms with van der Waals surface area (Å²) in [7, 11) is 0. The predicted octanol–water partition coefficient (Wildman–Crippen LogP) is 19.4. The Morgan fingerprint density at radius 2 is 0.656 bits per heavy atom. The van der Waals surface area contributed by atoms with Crippen molar-refractivity contribution in [3.63, 3.8) is 0 Å². The lowest BCUT2D eigenvalue weighted by Gasteiger charge is -2.18. The third-order valence-electron chi connectivity index (χ3n) is 12.6. The quantitative estimate of drug-likeness (QED) is 0.0346. The number of esters is 2. The van der Waals surface area contributed by atoms with Crippen LogP contribution in [0.25, 0.3) is 0 Å². The van der Waals surface area contributed by atoms with E-state index in [1.807, 2.05) is 0 Å². The molecule has 0 aromatic rings. The maximum atomic E-state index is 12.8. The first-order valence-corrected chi connectivity index (χ1v) is 28.5. The summed E-state index contributed by atoms with van der Waals surface area (Å²) in [6.45, 7) is 7.83. The molecule has 0 heterocycles. The molecule has 376 valence electrons. The molecular weight excluding hydrogens is 789 g/mol. The van der Waals surface area contributed by atoms with Crippen molar-refractivity contribution < 1.29 is 23.8 Å². The summed E-state index contributed by atoms with van der Waals surface area (Å²) in [5, 5.41) is 0. The van der Waals surface area contributed by atoms with E-state index in [0.29, 0.717) is 26.1 Å². The van der Waals surface area contributed by atoms with Crippen LogP contribution in [0.3, 0.4) is 0 Å². The molecule has 0 radical (unpaired) electrons. The van der Waals surface area contributed by atoms with Gasteiger partial charge in [-0.1, -0.05) is 250 Å². The molecule has 0 saturated heterocycles. The Bertz CT molecular complexity index is 1020. The molecule has 0 fully saturated rings. The van der Waals surface area contributed by atoms with Gasteiger partial charge in [0, 0.05) is 19.4 Å². The summed E-state index contributed by atoms with van der Waals surface area (Å²) >= 11 is 0. The predicted molar refractivity (Wildman–Crippen MR) is 279 cm³/mol. The van der Waals surface area contributed by atoms with Crippen molar-refractivity contribution in [1.82, 2.24) is 0 Å². The van der Waals surface area contributed by atoms with Crippen LogP contribution in [-0.2, 0) is 23.8 Å². The molecule has 5 nitrogen and oxygen atoms in total. The number of carbonyl (C=O) groups excluding carboxylic acids is 2. The molecular formula is C59H110O5. The highest BCUT2D eigenvalue weighted by Crippen LogP contribution is 2.16. The number of unbranched alkanes of at least 4 members (excludes halogenated alkanes) is 36. The molecule has 0 aliphatic carbocycles. The van der Waals surface area contributed by atoms with E-state index in [4.69, 9.17) is 14.2 Å². The van der Waals surface area contributed by atoms with Crippen molar-refractivity contribution in [2.45, 2.75) is 309 Å². The molecule has 0 amide bonds.